The van der Waals surface area contributed by atoms with Gasteiger partial charge in [0.1, 0.15) is 17.1 Å². The number of rotatable bonds is 5. The van der Waals surface area contributed by atoms with Crippen molar-refractivity contribution in [2.45, 2.75) is 5.92 Å². The van der Waals surface area contributed by atoms with Crippen LogP contribution in [0.2, 0.25) is 0 Å². The maximum Gasteiger partial charge on any atom is 0.161 e. The summed E-state index contributed by atoms with van der Waals surface area (Å²) in [6, 6.07) is 8.31. The lowest BCUT2D eigenvalue weighted by molar-refractivity contribution is 0.354. The van der Waals surface area contributed by atoms with Gasteiger partial charge in [-0.1, -0.05) is 0 Å². The fraction of sp³-hybridized carbons (Fsp3) is 0.208. The van der Waals surface area contributed by atoms with E-state index in [9.17, 15) is 9.50 Å². The molecule has 6 rings (SSSR count). The maximum absolute atomic E-state index is 14.2. The van der Waals surface area contributed by atoms with Crippen molar-refractivity contribution in [2.75, 3.05) is 27.3 Å². The lowest BCUT2D eigenvalue weighted by atomic mass is 10.00. The zero-order valence-corrected chi connectivity index (χ0v) is 18.9. The first-order chi connectivity index (χ1) is 17.0. The highest BCUT2D eigenvalue weighted by atomic mass is 19.1. The number of nitrogens with one attached hydrogen (secondary N) is 2. The molecule has 0 spiro atoms. The van der Waals surface area contributed by atoms with Gasteiger partial charge in [0.05, 0.1) is 53.8 Å². The van der Waals surface area contributed by atoms with Crippen LogP contribution in [0, 0.1) is 5.82 Å². The van der Waals surface area contributed by atoms with E-state index in [4.69, 9.17) is 14.7 Å². The molecule has 0 fully saturated rings. The van der Waals surface area contributed by atoms with E-state index < -0.39 is 5.82 Å². The van der Waals surface area contributed by atoms with Crippen LogP contribution in [0.5, 0.6) is 5.75 Å². The number of aromatic amines is 2. The average molecular weight is 472 g/mol. The second kappa shape index (κ2) is 8.13. The molecule has 0 saturated carbocycles. The lowest BCUT2D eigenvalue weighted by Gasteiger charge is -2.11. The predicted molar refractivity (Wildman–Crippen MR) is 129 cm³/mol. The number of benzene rings is 1. The third kappa shape index (κ3) is 3.56. The van der Waals surface area contributed by atoms with Gasteiger partial charge in [0, 0.05) is 31.4 Å². The first-order valence-corrected chi connectivity index (χ1v) is 11.0. The molecule has 0 amide bonds. The third-order valence-corrected chi connectivity index (χ3v) is 6.13. The smallest absolute Gasteiger partial charge is 0.161 e. The monoisotopic (exact) mass is 472 g/mol. The van der Waals surface area contributed by atoms with E-state index in [0.29, 0.717) is 57.2 Å². The Balaban J connectivity index is 1.46. The second-order valence-corrected chi connectivity index (χ2v) is 8.40. The number of methoxy groups -OCH3 is 1. The highest BCUT2D eigenvalue weighted by Crippen LogP contribution is 2.33. The molecule has 1 aliphatic rings. The molecule has 1 unspecified atom stereocenters. The zero-order valence-electron chi connectivity index (χ0n) is 18.9. The van der Waals surface area contributed by atoms with E-state index in [-0.39, 0.29) is 12.5 Å². The van der Waals surface area contributed by atoms with Crippen molar-refractivity contribution >= 4 is 27.8 Å². The van der Waals surface area contributed by atoms with E-state index in [2.05, 4.69) is 25.3 Å². The van der Waals surface area contributed by atoms with E-state index in [1.54, 1.807) is 23.5 Å². The number of pyridine rings is 2. The Hall–Kier alpha value is -4.38. The van der Waals surface area contributed by atoms with E-state index in [0.717, 1.165) is 11.2 Å². The van der Waals surface area contributed by atoms with Gasteiger partial charge in [0.25, 0.3) is 0 Å². The first-order valence-electron chi connectivity index (χ1n) is 11.0. The number of imidazole rings is 1. The molecule has 10 nitrogen and oxygen atoms in total. The molecule has 11 heteroatoms. The molecule has 0 saturated heterocycles. The van der Waals surface area contributed by atoms with Gasteiger partial charge in [-0.2, -0.15) is 10.2 Å². The molecule has 5 aromatic rings. The van der Waals surface area contributed by atoms with Crippen LogP contribution in [0.15, 0.2) is 47.8 Å². The number of halogens is 1. The van der Waals surface area contributed by atoms with E-state index in [1.165, 1.54) is 19.2 Å². The summed E-state index contributed by atoms with van der Waals surface area (Å²) in [5, 5.41) is 23.4. The standard InChI is InChI=1S/C24H21FN8O2/c1-33-10-16(20(11-34)32-33)17-3-4-18-22(27-17)23(31-30-18)24-28-19-9-26-8-15(21(19)29-24)12-5-13(25)7-14(6-12)35-2/h3-9,16,34H,10-11H2,1-2H3,(H,28,29)(H,30,31). The Bertz CT molecular complexity index is 1610. The number of fused-ring (bicyclic) bond motifs is 2. The maximum atomic E-state index is 14.2. The first kappa shape index (κ1) is 21.2. The van der Waals surface area contributed by atoms with Gasteiger partial charge in [-0.3, -0.25) is 15.1 Å². The summed E-state index contributed by atoms with van der Waals surface area (Å²) >= 11 is 0. The molecular weight excluding hydrogens is 451 g/mol. The van der Waals surface area contributed by atoms with Gasteiger partial charge < -0.3 is 14.8 Å². The number of hydrogen-bond acceptors (Lipinski definition) is 8. The van der Waals surface area contributed by atoms with Crippen molar-refractivity contribution in [1.82, 2.24) is 35.1 Å². The Morgan fingerprint density at radius 1 is 1.14 bits per heavy atom. The molecule has 3 N–H and O–H groups in total. The fourth-order valence-electron chi connectivity index (χ4n) is 4.47. The number of nitrogens with zero attached hydrogens (tertiary/aromatic N) is 6. The topological polar surface area (TPSA) is 128 Å². The number of ether oxygens (including phenoxy) is 1. The molecule has 1 aliphatic heterocycles. The molecule has 0 bridgehead atoms. The SMILES string of the molecule is COc1cc(F)cc(-c2cncc3[nH]c(-c4n[nH]c5ccc(C6CN(C)N=C6CO)nc45)nc23)c1. The van der Waals surface area contributed by atoms with Gasteiger partial charge in [-0.25, -0.2) is 14.4 Å². The van der Waals surface area contributed by atoms with E-state index in [1.807, 2.05) is 19.2 Å². The molecule has 35 heavy (non-hydrogen) atoms. The van der Waals surface area contributed by atoms with Crippen molar-refractivity contribution in [3.8, 4) is 28.4 Å². The van der Waals surface area contributed by atoms with Gasteiger partial charge >= 0.3 is 0 Å². The highest BCUT2D eigenvalue weighted by Gasteiger charge is 2.28. The van der Waals surface area contributed by atoms with Crippen LogP contribution in [0.1, 0.15) is 11.6 Å². The number of hydrogen-bond donors (Lipinski definition) is 3. The Kier molecular flexibility index (Phi) is 4.92. The molecular formula is C24H21FN8O2. The average Bonchev–Trinajstić information content (AvgIpc) is 3.58. The predicted octanol–water partition coefficient (Wildman–Crippen LogP) is 3.09. The third-order valence-electron chi connectivity index (χ3n) is 6.13. The number of aromatic nitrogens is 6. The van der Waals surface area contributed by atoms with Gasteiger partial charge in [0.15, 0.2) is 11.5 Å². The summed E-state index contributed by atoms with van der Waals surface area (Å²) in [4.78, 5) is 17.2. The number of hydrazone groups is 1. The van der Waals surface area contributed by atoms with Crippen molar-refractivity contribution < 1.29 is 14.2 Å². The van der Waals surface area contributed by atoms with Crippen LogP contribution < -0.4 is 4.74 Å². The van der Waals surface area contributed by atoms with Crippen LogP contribution in [0.3, 0.4) is 0 Å². The highest BCUT2D eigenvalue weighted by molar-refractivity contribution is 5.96. The summed E-state index contributed by atoms with van der Waals surface area (Å²) < 4.78 is 19.4. The summed E-state index contributed by atoms with van der Waals surface area (Å²) in [5.41, 5.74) is 6.00. The number of H-pyrrole nitrogens is 2. The summed E-state index contributed by atoms with van der Waals surface area (Å²) in [7, 11) is 3.36. The van der Waals surface area contributed by atoms with Gasteiger partial charge in [-0.05, 0) is 29.8 Å². The van der Waals surface area contributed by atoms with Crippen LogP contribution >= 0.6 is 0 Å². The molecule has 176 valence electrons. The van der Waals surface area contributed by atoms with Crippen LogP contribution in [0.25, 0.3) is 44.7 Å². The lowest BCUT2D eigenvalue weighted by Crippen LogP contribution is -2.18. The molecule has 4 aromatic heterocycles. The van der Waals surface area contributed by atoms with Crippen LogP contribution in [-0.4, -0.2) is 73.3 Å². The normalized spacial score (nSPS) is 15.8. The van der Waals surface area contributed by atoms with Gasteiger partial charge in [-0.15, -0.1) is 0 Å². The van der Waals surface area contributed by atoms with Crippen LogP contribution in [0.4, 0.5) is 4.39 Å². The molecule has 0 aliphatic carbocycles. The number of aliphatic hydroxyl groups is 1. The minimum atomic E-state index is -0.412. The molecule has 0 radical (unpaired) electrons. The Morgan fingerprint density at radius 3 is 2.86 bits per heavy atom. The van der Waals surface area contributed by atoms with Crippen molar-refractivity contribution in [3.05, 3.63) is 54.2 Å². The van der Waals surface area contributed by atoms with Crippen molar-refractivity contribution in [2.24, 2.45) is 5.10 Å². The zero-order chi connectivity index (χ0) is 24.1. The Morgan fingerprint density at radius 2 is 2.03 bits per heavy atom. The van der Waals surface area contributed by atoms with Crippen molar-refractivity contribution in [3.63, 3.8) is 0 Å². The van der Waals surface area contributed by atoms with Gasteiger partial charge in [0.2, 0.25) is 0 Å². The fourth-order valence-corrected chi connectivity index (χ4v) is 4.47. The largest absolute Gasteiger partial charge is 0.497 e. The summed E-state index contributed by atoms with van der Waals surface area (Å²) in [6.45, 7) is 0.509. The molecule has 1 atom stereocenters. The van der Waals surface area contributed by atoms with Crippen LogP contribution in [-0.2, 0) is 0 Å². The second-order valence-electron chi connectivity index (χ2n) is 8.40. The minimum absolute atomic E-state index is 0.105. The summed E-state index contributed by atoms with van der Waals surface area (Å²) in [6.07, 6.45) is 3.31. The number of likely N-dealkylation sites (N-methyl/N-ethyl adjacent to an activating group) is 1. The van der Waals surface area contributed by atoms with Crippen molar-refractivity contribution in [1.29, 1.82) is 0 Å². The minimum Gasteiger partial charge on any atom is -0.497 e. The summed E-state index contributed by atoms with van der Waals surface area (Å²) in [5.74, 6) is 0.399. The molecule has 5 heterocycles. The quantitative estimate of drug-likeness (QED) is 0.359. The number of aliphatic hydroxyl groups excluding tert-OH is 1. The molecule has 1 aromatic carbocycles. The Labute approximate surface area is 198 Å². The van der Waals surface area contributed by atoms with E-state index >= 15 is 0 Å².